The van der Waals surface area contributed by atoms with Crippen LogP contribution in [-0.4, -0.2) is 75.5 Å². The topological polar surface area (TPSA) is 99.2 Å². The van der Waals surface area contributed by atoms with Crippen LogP contribution in [0.3, 0.4) is 0 Å². The van der Waals surface area contributed by atoms with Gasteiger partial charge in [0.05, 0.1) is 13.7 Å². The quantitative estimate of drug-likeness (QED) is 0.413. The number of methoxy groups -OCH3 is 1. The van der Waals surface area contributed by atoms with Gasteiger partial charge in [0.1, 0.15) is 15.7 Å². The molecule has 1 saturated heterocycles. The van der Waals surface area contributed by atoms with Gasteiger partial charge in [0, 0.05) is 24.9 Å². The van der Waals surface area contributed by atoms with Gasteiger partial charge in [-0.05, 0) is 34.6 Å². The molecule has 172 valence electrons. The van der Waals surface area contributed by atoms with Crippen LogP contribution in [0.15, 0.2) is 0 Å². The number of hydrogen-bond acceptors (Lipinski definition) is 9. The summed E-state index contributed by atoms with van der Waals surface area (Å²) in [4.78, 5) is 50.7. The lowest BCUT2D eigenvalue weighted by Gasteiger charge is -2.40. The van der Waals surface area contributed by atoms with Crippen LogP contribution >= 0.6 is 23.5 Å². The van der Waals surface area contributed by atoms with Gasteiger partial charge in [-0.1, -0.05) is 0 Å². The summed E-state index contributed by atoms with van der Waals surface area (Å²) in [6, 6.07) is -1.71. The maximum absolute atomic E-state index is 16.4. The van der Waals surface area contributed by atoms with Crippen LogP contribution in [0.4, 0.5) is 9.18 Å². The number of hydrogen-bond donors (Lipinski definition) is 0. The second kappa shape index (κ2) is 10.2. The Morgan fingerprint density at radius 3 is 2.10 bits per heavy atom. The van der Waals surface area contributed by atoms with E-state index >= 15 is 4.39 Å². The Morgan fingerprint density at radius 2 is 1.70 bits per heavy atom. The molecule has 0 aromatic heterocycles. The number of ether oxygens (including phenoxy) is 3. The summed E-state index contributed by atoms with van der Waals surface area (Å²) < 4.78 is 30.1. The average Bonchev–Trinajstić information content (AvgIpc) is 3.06. The zero-order valence-corrected chi connectivity index (χ0v) is 20.0. The Labute approximate surface area is 184 Å². The number of carbonyl (C=O) groups excluding carboxylic acids is 4. The van der Waals surface area contributed by atoms with Gasteiger partial charge >= 0.3 is 18.0 Å². The average molecular weight is 468 g/mol. The summed E-state index contributed by atoms with van der Waals surface area (Å²) in [5, 5.41) is 0. The first-order chi connectivity index (χ1) is 13.7. The molecule has 0 radical (unpaired) electrons. The number of thioether (sulfide) groups is 2. The van der Waals surface area contributed by atoms with E-state index < -0.39 is 51.8 Å². The normalized spacial score (nSPS) is 18.7. The van der Waals surface area contributed by atoms with Crippen molar-refractivity contribution < 1.29 is 37.8 Å². The molecule has 2 amide bonds. The molecule has 0 aromatic carbocycles. The van der Waals surface area contributed by atoms with Crippen LogP contribution in [0.5, 0.6) is 0 Å². The minimum Gasteiger partial charge on any atom is -0.467 e. The third-order valence-corrected chi connectivity index (χ3v) is 7.88. The number of nitrogens with zero attached hydrogens (tertiary/aromatic N) is 1. The molecular formula is C19H30FNO7S2. The van der Waals surface area contributed by atoms with Crippen LogP contribution < -0.4 is 0 Å². The molecule has 2 atom stereocenters. The molecule has 0 spiro atoms. The highest BCUT2D eigenvalue weighted by Gasteiger charge is 2.61. The Hall–Kier alpha value is -1.49. The first-order valence-corrected chi connectivity index (χ1v) is 11.4. The van der Waals surface area contributed by atoms with Crippen molar-refractivity contribution in [2.45, 2.75) is 69.4 Å². The van der Waals surface area contributed by atoms with E-state index in [0.29, 0.717) is 16.4 Å². The third-order valence-electron chi connectivity index (χ3n) is 4.35. The predicted molar refractivity (Wildman–Crippen MR) is 113 cm³/mol. The molecule has 1 heterocycles. The fourth-order valence-corrected chi connectivity index (χ4v) is 5.98. The van der Waals surface area contributed by atoms with Gasteiger partial charge in [-0.2, -0.15) is 0 Å². The molecule has 30 heavy (non-hydrogen) atoms. The number of alkyl halides is 1. The van der Waals surface area contributed by atoms with Crippen LogP contribution in [0.25, 0.3) is 0 Å². The van der Waals surface area contributed by atoms with E-state index in [4.69, 9.17) is 14.2 Å². The molecule has 8 nitrogen and oxygen atoms in total. The third kappa shape index (κ3) is 6.03. The first-order valence-electron chi connectivity index (χ1n) is 9.47. The van der Waals surface area contributed by atoms with Crippen molar-refractivity contribution in [3.8, 4) is 0 Å². The zero-order valence-electron chi connectivity index (χ0n) is 18.4. The van der Waals surface area contributed by atoms with Gasteiger partial charge in [0.25, 0.3) is 0 Å². The van der Waals surface area contributed by atoms with Crippen molar-refractivity contribution in [2.75, 3.05) is 25.2 Å². The van der Waals surface area contributed by atoms with E-state index in [2.05, 4.69) is 0 Å². The van der Waals surface area contributed by atoms with Gasteiger partial charge in [-0.3, -0.25) is 4.79 Å². The van der Waals surface area contributed by atoms with Crippen LogP contribution in [0.2, 0.25) is 0 Å². The summed E-state index contributed by atoms with van der Waals surface area (Å²) in [7, 11) is 1.05. The molecule has 0 bridgehead atoms. The monoisotopic (exact) mass is 467 g/mol. The smallest absolute Gasteiger partial charge is 0.417 e. The summed E-state index contributed by atoms with van der Waals surface area (Å²) >= 11 is 2.44. The predicted octanol–water partition coefficient (Wildman–Crippen LogP) is 3.17. The lowest BCUT2D eigenvalue weighted by molar-refractivity contribution is -0.163. The molecule has 1 rings (SSSR count). The summed E-state index contributed by atoms with van der Waals surface area (Å²) in [6.45, 7) is 8.82. The van der Waals surface area contributed by atoms with Crippen molar-refractivity contribution in [1.29, 1.82) is 0 Å². The number of rotatable bonds is 7. The van der Waals surface area contributed by atoms with Crippen molar-refractivity contribution in [1.82, 2.24) is 4.90 Å². The first kappa shape index (κ1) is 26.5. The van der Waals surface area contributed by atoms with E-state index in [1.165, 1.54) is 30.4 Å². The second-order valence-electron chi connectivity index (χ2n) is 7.78. The van der Waals surface area contributed by atoms with Gasteiger partial charge < -0.3 is 14.2 Å². The summed E-state index contributed by atoms with van der Waals surface area (Å²) in [5.41, 5.74) is -3.65. The molecule has 1 aliphatic heterocycles. The maximum atomic E-state index is 16.4. The second-order valence-corrected chi connectivity index (χ2v) is 11.1. The number of imide groups is 1. The van der Waals surface area contributed by atoms with E-state index in [1.54, 1.807) is 27.7 Å². The van der Waals surface area contributed by atoms with Gasteiger partial charge in [0.15, 0.2) is 0 Å². The standard InChI is InChI=1S/C19H30FNO7S2/c1-8-27-15(24)19(20,18(6)29-9-10-30-18)11-13(14(23)26-7)21(12(2)22)16(25)28-17(3,4)5/h13H,8-11H2,1-7H3/t13-,19-/m0/s1. The Morgan fingerprint density at radius 1 is 1.17 bits per heavy atom. The fraction of sp³-hybridized carbons (Fsp3) is 0.789. The Bertz CT molecular complexity index is 676. The number of esters is 2. The number of amides is 2. The molecule has 0 saturated carbocycles. The SMILES string of the molecule is CCOC(=O)[C@@](F)(C[C@@H](C(=O)OC)N(C(C)=O)C(=O)OC(C)(C)C)C1(C)SCCS1. The zero-order chi connectivity index (χ0) is 23.3. The van der Waals surface area contributed by atoms with Crippen molar-refractivity contribution in [3.05, 3.63) is 0 Å². The molecule has 0 unspecified atom stereocenters. The largest absolute Gasteiger partial charge is 0.467 e. The highest BCUT2D eigenvalue weighted by Crippen LogP contribution is 2.54. The lowest BCUT2D eigenvalue weighted by Crippen LogP contribution is -2.58. The van der Waals surface area contributed by atoms with Crippen molar-refractivity contribution in [2.24, 2.45) is 0 Å². The molecule has 1 fully saturated rings. The lowest BCUT2D eigenvalue weighted by atomic mass is 9.91. The van der Waals surface area contributed by atoms with E-state index in [9.17, 15) is 19.2 Å². The minimum absolute atomic E-state index is 0.0682. The maximum Gasteiger partial charge on any atom is 0.417 e. The summed E-state index contributed by atoms with van der Waals surface area (Å²) in [5.74, 6) is -1.85. The van der Waals surface area contributed by atoms with Gasteiger partial charge in [0.2, 0.25) is 11.6 Å². The highest BCUT2D eigenvalue weighted by molar-refractivity contribution is 8.21. The molecule has 0 aromatic rings. The Kier molecular flexibility index (Phi) is 9.04. The van der Waals surface area contributed by atoms with Gasteiger partial charge in [-0.25, -0.2) is 23.7 Å². The number of carbonyl (C=O) groups is 4. The minimum atomic E-state index is -2.68. The van der Waals surface area contributed by atoms with Crippen LogP contribution in [0, 0.1) is 0 Å². The molecule has 0 N–H and O–H groups in total. The van der Waals surface area contributed by atoms with Crippen LogP contribution in [-0.2, 0) is 28.6 Å². The van der Waals surface area contributed by atoms with E-state index in [0.717, 1.165) is 14.0 Å². The molecular weight excluding hydrogens is 437 g/mol. The highest BCUT2D eigenvalue weighted by atomic mass is 32.2. The van der Waals surface area contributed by atoms with Gasteiger partial charge in [-0.15, -0.1) is 23.5 Å². The van der Waals surface area contributed by atoms with Crippen molar-refractivity contribution in [3.63, 3.8) is 0 Å². The van der Waals surface area contributed by atoms with Crippen LogP contribution in [0.1, 0.15) is 48.0 Å². The molecule has 11 heteroatoms. The fourth-order valence-electron chi connectivity index (χ4n) is 2.91. The summed E-state index contributed by atoms with van der Waals surface area (Å²) in [6.07, 6.45) is -1.94. The van der Waals surface area contributed by atoms with E-state index in [1.807, 2.05) is 0 Å². The molecule has 0 aliphatic carbocycles. The van der Waals surface area contributed by atoms with E-state index in [-0.39, 0.29) is 6.61 Å². The Balaban J connectivity index is 3.45. The molecule has 1 aliphatic rings. The van der Waals surface area contributed by atoms with Crippen molar-refractivity contribution >= 4 is 47.5 Å². The number of halogens is 1.